The van der Waals surface area contributed by atoms with Crippen LogP contribution in [-0.4, -0.2) is 0 Å². The number of unbranched alkanes of at least 4 members (excludes halogenated alkanes) is 5. The van der Waals surface area contributed by atoms with E-state index in [-0.39, 0.29) is 0 Å². The van der Waals surface area contributed by atoms with Gasteiger partial charge in [0.05, 0.1) is 0 Å². The van der Waals surface area contributed by atoms with Gasteiger partial charge in [0.2, 0.25) is 0 Å². The Morgan fingerprint density at radius 3 is 2.50 bits per heavy atom. The van der Waals surface area contributed by atoms with E-state index in [1.54, 1.807) is 0 Å². The third-order valence-corrected chi connectivity index (χ3v) is 2.49. The molecule has 0 spiro atoms. The van der Waals surface area contributed by atoms with Gasteiger partial charge in [-0.25, -0.2) is 0 Å². The summed E-state index contributed by atoms with van der Waals surface area (Å²) < 4.78 is 0. The van der Waals surface area contributed by atoms with Gasteiger partial charge in [-0.2, -0.15) is 0 Å². The molecular formula is C14H21. The normalized spacial score (nSPS) is 10.4. The summed E-state index contributed by atoms with van der Waals surface area (Å²) in [4.78, 5) is 0. The van der Waals surface area contributed by atoms with E-state index in [1.165, 1.54) is 44.1 Å². The van der Waals surface area contributed by atoms with Crippen LogP contribution in [-0.2, 0) is 6.42 Å². The average Bonchev–Trinajstić information content (AvgIpc) is 2.25. The zero-order chi connectivity index (χ0) is 10.1. The topological polar surface area (TPSA) is 0 Å². The Balaban J connectivity index is 1.99. The minimum absolute atomic E-state index is 1.20. The number of benzene rings is 1. The maximum atomic E-state index is 2.43. The van der Waals surface area contributed by atoms with Crippen molar-refractivity contribution in [1.29, 1.82) is 0 Å². The Hall–Kier alpha value is -0.780. The molecule has 0 N–H and O–H groups in total. The molecule has 1 rings (SSSR count). The van der Waals surface area contributed by atoms with Crippen molar-refractivity contribution in [2.45, 2.75) is 45.4 Å². The lowest BCUT2D eigenvalue weighted by Crippen LogP contribution is -1.86. The Kier molecular flexibility index (Phi) is 6.14. The molecule has 0 heterocycles. The van der Waals surface area contributed by atoms with E-state index in [2.05, 4.69) is 43.7 Å². The van der Waals surface area contributed by atoms with E-state index in [0.717, 1.165) is 0 Å². The van der Waals surface area contributed by atoms with Crippen molar-refractivity contribution in [3.8, 4) is 0 Å². The monoisotopic (exact) mass is 189 g/mol. The highest BCUT2D eigenvalue weighted by Crippen LogP contribution is 2.08. The van der Waals surface area contributed by atoms with Crippen LogP contribution in [0.2, 0.25) is 0 Å². The second-order valence-corrected chi connectivity index (χ2v) is 3.81. The van der Waals surface area contributed by atoms with Gasteiger partial charge < -0.3 is 0 Å². The van der Waals surface area contributed by atoms with Crippen LogP contribution in [0.15, 0.2) is 30.3 Å². The molecule has 0 saturated heterocycles. The molecule has 0 nitrogen and oxygen atoms in total. The predicted octanol–water partition coefficient (Wildman–Crippen LogP) is 4.40. The smallest absolute Gasteiger partial charge is 0.0276 e. The largest absolute Gasteiger partial charge is 0.0654 e. The summed E-state index contributed by atoms with van der Waals surface area (Å²) in [5, 5.41) is 0. The van der Waals surface area contributed by atoms with Crippen molar-refractivity contribution in [1.82, 2.24) is 0 Å². The minimum atomic E-state index is 1.20. The van der Waals surface area contributed by atoms with E-state index < -0.39 is 0 Å². The SMILES string of the molecule is CCCCC[CH]CCc1ccccc1. The third kappa shape index (κ3) is 5.06. The molecule has 14 heavy (non-hydrogen) atoms. The number of rotatable bonds is 7. The summed E-state index contributed by atoms with van der Waals surface area (Å²) in [7, 11) is 0. The molecule has 77 valence electrons. The summed E-state index contributed by atoms with van der Waals surface area (Å²) in [6.07, 6.45) is 10.2. The molecule has 0 unspecified atom stereocenters. The molecule has 1 aromatic carbocycles. The molecule has 0 heteroatoms. The van der Waals surface area contributed by atoms with E-state index in [0.29, 0.717) is 0 Å². The lowest BCUT2D eigenvalue weighted by molar-refractivity contribution is 0.690. The van der Waals surface area contributed by atoms with Crippen LogP contribution in [0.4, 0.5) is 0 Å². The fourth-order valence-corrected chi connectivity index (χ4v) is 1.60. The average molecular weight is 189 g/mol. The van der Waals surface area contributed by atoms with Crippen molar-refractivity contribution in [2.24, 2.45) is 0 Å². The van der Waals surface area contributed by atoms with Gasteiger partial charge in [-0.3, -0.25) is 0 Å². The molecule has 0 saturated carbocycles. The summed E-state index contributed by atoms with van der Waals surface area (Å²) in [6, 6.07) is 10.7. The molecule has 0 aliphatic rings. The molecule has 0 aliphatic carbocycles. The second-order valence-electron chi connectivity index (χ2n) is 3.81. The highest BCUT2D eigenvalue weighted by atomic mass is 14.0. The van der Waals surface area contributed by atoms with Crippen molar-refractivity contribution in [3.05, 3.63) is 42.3 Å². The van der Waals surface area contributed by atoms with E-state index in [1.807, 2.05) is 0 Å². The van der Waals surface area contributed by atoms with E-state index in [4.69, 9.17) is 0 Å². The van der Waals surface area contributed by atoms with Crippen LogP contribution >= 0.6 is 0 Å². The zero-order valence-corrected chi connectivity index (χ0v) is 9.21. The van der Waals surface area contributed by atoms with Crippen LogP contribution in [0.25, 0.3) is 0 Å². The molecule has 0 aliphatic heterocycles. The zero-order valence-electron chi connectivity index (χ0n) is 9.21. The van der Waals surface area contributed by atoms with Gasteiger partial charge in [0.1, 0.15) is 0 Å². The second kappa shape index (κ2) is 7.61. The lowest BCUT2D eigenvalue weighted by Gasteiger charge is -2.00. The van der Waals surface area contributed by atoms with Gasteiger partial charge in [-0.1, -0.05) is 62.9 Å². The van der Waals surface area contributed by atoms with Crippen molar-refractivity contribution in [2.75, 3.05) is 0 Å². The van der Waals surface area contributed by atoms with Crippen molar-refractivity contribution >= 4 is 0 Å². The predicted molar refractivity (Wildman–Crippen MR) is 63.2 cm³/mol. The minimum Gasteiger partial charge on any atom is -0.0654 e. The Bertz CT molecular complexity index is 213. The fraction of sp³-hybridized carbons (Fsp3) is 0.500. The van der Waals surface area contributed by atoms with Crippen LogP contribution < -0.4 is 0 Å². The Labute approximate surface area is 88.4 Å². The first kappa shape index (κ1) is 11.3. The Morgan fingerprint density at radius 2 is 1.79 bits per heavy atom. The molecule has 1 aromatic rings. The molecular weight excluding hydrogens is 168 g/mol. The van der Waals surface area contributed by atoms with Crippen molar-refractivity contribution in [3.63, 3.8) is 0 Å². The maximum Gasteiger partial charge on any atom is -0.0276 e. The first-order valence-electron chi connectivity index (χ1n) is 5.79. The van der Waals surface area contributed by atoms with Gasteiger partial charge in [0.25, 0.3) is 0 Å². The molecule has 0 aromatic heterocycles. The number of hydrogen-bond acceptors (Lipinski definition) is 0. The molecule has 1 radical (unpaired) electrons. The summed E-state index contributed by atoms with van der Waals surface area (Å²) in [5.74, 6) is 0. The number of aryl methyl sites for hydroxylation is 1. The maximum absolute atomic E-state index is 2.43. The Morgan fingerprint density at radius 1 is 1.00 bits per heavy atom. The third-order valence-electron chi connectivity index (χ3n) is 2.49. The van der Waals surface area contributed by atoms with Crippen LogP contribution in [0.1, 0.15) is 44.6 Å². The number of hydrogen-bond donors (Lipinski definition) is 0. The highest BCUT2D eigenvalue weighted by molar-refractivity contribution is 5.14. The summed E-state index contributed by atoms with van der Waals surface area (Å²) in [5.41, 5.74) is 1.46. The van der Waals surface area contributed by atoms with Gasteiger partial charge in [0, 0.05) is 0 Å². The van der Waals surface area contributed by atoms with Gasteiger partial charge in [0.15, 0.2) is 0 Å². The van der Waals surface area contributed by atoms with Gasteiger partial charge in [-0.05, 0) is 24.8 Å². The van der Waals surface area contributed by atoms with E-state index >= 15 is 0 Å². The summed E-state index contributed by atoms with van der Waals surface area (Å²) in [6.45, 7) is 2.25. The first-order valence-corrected chi connectivity index (χ1v) is 5.79. The lowest BCUT2D eigenvalue weighted by atomic mass is 10.1. The quantitative estimate of drug-likeness (QED) is 0.557. The summed E-state index contributed by atoms with van der Waals surface area (Å²) >= 11 is 0. The first-order chi connectivity index (χ1) is 6.93. The van der Waals surface area contributed by atoms with E-state index in [9.17, 15) is 0 Å². The molecule has 0 bridgehead atoms. The fourth-order valence-electron chi connectivity index (χ4n) is 1.60. The van der Waals surface area contributed by atoms with Crippen molar-refractivity contribution < 1.29 is 0 Å². The standard InChI is InChI=1S/C14H21/c1-2-3-4-5-6-8-11-14-12-9-7-10-13-14/h6-7,9-10,12-13H,2-5,8,11H2,1H3. The van der Waals surface area contributed by atoms with Crippen LogP contribution in [0.3, 0.4) is 0 Å². The molecule has 0 amide bonds. The molecule has 0 atom stereocenters. The van der Waals surface area contributed by atoms with Gasteiger partial charge in [-0.15, -0.1) is 0 Å². The highest BCUT2D eigenvalue weighted by Gasteiger charge is 1.92. The molecule has 0 fully saturated rings. The van der Waals surface area contributed by atoms with Crippen LogP contribution in [0, 0.1) is 6.42 Å². The van der Waals surface area contributed by atoms with Gasteiger partial charge >= 0.3 is 0 Å². The van der Waals surface area contributed by atoms with Crippen LogP contribution in [0.5, 0.6) is 0 Å².